The van der Waals surface area contributed by atoms with Gasteiger partial charge in [0.1, 0.15) is 11.5 Å². The zero-order valence-corrected chi connectivity index (χ0v) is 14.6. The molecule has 0 aromatic heterocycles. The van der Waals surface area contributed by atoms with Crippen molar-refractivity contribution >= 4 is 23.0 Å². The first-order chi connectivity index (χ1) is 12.6. The zero-order valence-electron chi connectivity index (χ0n) is 14.6. The van der Waals surface area contributed by atoms with Crippen LogP contribution in [-0.4, -0.2) is 36.1 Å². The van der Waals surface area contributed by atoms with Gasteiger partial charge in [-0.25, -0.2) is 0 Å². The molecule has 2 aromatic carbocycles. The van der Waals surface area contributed by atoms with Gasteiger partial charge in [-0.05, 0) is 25.1 Å². The van der Waals surface area contributed by atoms with Crippen LogP contribution in [0.3, 0.4) is 0 Å². The van der Waals surface area contributed by atoms with Crippen molar-refractivity contribution in [1.82, 2.24) is 0 Å². The fourth-order valence-corrected chi connectivity index (χ4v) is 2.79. The lowest BCUT2D eigenvalue weighted by atomic mass is 10.1. The molecule has 0 atom stereocenters. The molecule has 0 unspecified atom stereocenters. The maximum atomic E-state index is 12.7. The molecule has 1 N–H and O–H groups in total. The molecule has 132 valence electrons. The molecule has 0 bridgehead atoms. The van der Waals surface area contributed by atoms with Crippen LogP contribution < -0.4 is 9.64 Å². The molecule has 2 aromatic rings. The highest BCUT2D eigenvalue weighted by Crippen LogP contribution is 2.29. The summed E-state index contributed by atoms with van der Waals surface area (Å²) in [6.45, 7) is 5.82. The number of carbonyl (C=O) groups is 1. The van der Waals surface area contributed by atoms with E-state index in [0.717, 1.165) is 11.3 Å². The summed E-state index contributed by atoms with van der Waals surface area (Å²) in [4.78, 5) is 14.3. The second kappa shape index (κ2) is 7.23. The zero-order chi connectivity index (χ0) is 18.7. The second-order valence-corrected chi connectivity index (χ2v) is 5.74. The first kappa shape index (κ1) is 17.4. The van der Waals surface area contributed by atoms with Crippen molar-refractivity contribution in [2.75, 3.05) is 18.6 Å². The summed E-state index contributed by atoms with van der Waals surface area (Å²) >= 11 is 0. The van der Waals surface area contributed by atoms with Crippen molar-refractivity contribution in [2.45, 2.75) is 6.92 Å². The van der Waals surface area contributed by atoms with E-state index < -0.39 is 0 Å². The highest BCUT2D eigenvalue weighted by molar-refractivity contribution is 6.54. The molecule has 0 saturated heterocycles. The number of phenolic OH excluding ortho intramolecular Hbond substituents is 1. The summed E-state index contributed by atoms with van der Waals surface area (Å²) < 4.78 is 5.07. The van der Waals surface area contributed by atoms with Gasteiger partial charge in [-0.1, -0.05) is 24.3 Å². The number of ether oxygens (including phenoxy) is 1. The van der Waals surface area contributed by atoms with Gasteiger partial charge in [0, 0.05) is 23.7 Å². The summed E-state index contributed by atoms with van der Waals surface area (Å²) in [5, 5.41) is 18.5. The molecule has 6 heteroatoms. The van der Waals surface area contributed by atoms with Crippen LogP contribution in [0.2, 0.25) is 0 Å². The summed E-state index contributed by atoms with van der Waals surface area (Å²) in [6.07, 6.45) is 1.67. The number of hydrogen-bond acceptors (Lipinski definition) is 5. The lowest BCUT2D eigenvalue weighted by Gasteiger charge is -2.13. The van der Waals surface area contributed by atoms with Crippen LogP contribution in [0.25, 0.3) is 0 Å². The molecule has 3 rings (SSSR count). The number of hydrogen-bond donors (Lipinski definition) is 1. The third kappa shape index (κ3) is 3.09. The van der Waals surface area contributed by atoms with Crippen LogP contribution in [0, 0.1) is 0 Å². The van der Waals surface area contributed by atoms with Gasteiger partial charge in [0.05, 0.1) is 18.5 Å². The summed E-state index contributed by atoms with van der Waals surface area (Å²) in [7, 11) is 1.53. The molecule has 0 fully saturated rings. The molecule has 26 heavy (non-hydrogen) atoms. The van der Waals surface area contributed by atoms with E-state index in [0.29, 0.717) is 23.6 Å². The van der Waals surface area contributed by atoms with E-state index >= 15 is 0 Å². The Balaban J connectivity index is 1.98. The molecule has 0 radical (unpaired) electrons. The van der Waals surface area contributed by atoms with Crippen LogP contribution in [-0.2, 0) is 4.79 Å². The molecule has 1 amide bonds. The van der Waals surface area contributed by atoms with Gasteiger partial charge in [0.25, 0.3) is 5.91 Å². The molecular formula is C20H19N3O3. The Bertz CT molecular complexity index is 932. The highest BCUT2D eigenvalue weighted by Gasteiger charge is 2.33. The SMILES string of the molecule is C=CCN1C(=O)/C(=N\N=C(/C)c2ccc(OC)cc2O)c2ccccc21. The number of benzene rings is 2. The number of aromatic hydroxyl groups is 1. The average molecular weight is 349 g/mol. The van der Waals surface area contributed by atoms with Gasteiger partial charge in [-0.2, -0.15) is 5.10 Å². The van der Waals surface area contributed by atoms with E-state index in [1.807, 2.05) is 24.3 Å². The van der Waals surface area contributed by atoms with E-state index in [-0.39, 0.29) is 17.4 Å². The number of carbonyl (C=O) groups excluding carboxylic acids is 1. The fraction of sp³-hybridized carbons (Fsp3) is 0.150. The predicted octanol–water partition coefficient (Wildman–Crippen LogP) is 3.15. The van der Waals surface area contributed by atoms with Gasteiger partial charge in [-0.15, -0.1) is 11.7 Å². The maximum Gasteiger partial charge on any atom is 0.279 e. The molecular weight excluding hydrogens is 330 g/mol. The van der Waals surface area contributed by atoms with E-state index in [4.69, 9.17) is 4.74 Å². The topological polar surface area (TPSA) is 74.5 Å². The third-order valence-corrected chi connectivity index (χ3v) is 4.10. The maximum absolute atomic E-state index is 12.7. The van der Waals surface area contributed by atoms with Crippen LogP contribution >= 0.6 is 0 Å². The largest absolute Gasteiger partial charge is 0.507 e. The lowest BCUT2D eigenvalue weighted by molar-refractivity contribution is -0.112. The standard InChI is InChI=1S/C20H19N3O3/c1-4-11-23-17-8-6-5-7-16(17)19(20(23)25)22-21-13(2)15-10-9-14(26-3)12-18(15)24/h4-10,12,24H,1,11H2,2-3H3/b21-13+,22-19-. The normalized spacial score (nSPS) is 15.3. The number of fused-ring (bicyclic) bond motifs is 1. The smallest absolute Gasteiger partial charge is 0.279 e. The minimum absolute atomic E-state index is 0.0391. The van der Waals surface area contributed by atoms with Crippen LogP contribution in [0.5, 0.6) is 11.5 Å². The van der Waals surface area contributed by atoms with Gasteiger partial charge in [0.15, 0.2) is 5.71 Å². The quantitative estimate of drug-likeness (QED) is 0.512. The molecule has 0 saturated carbocycles. The number of rotatable bonds is 5. The van der Waals surface area contributed by atoms with Crippen molar-refractivity contribution in [3.63, 3.8) is 0 Å². The molecule has 1 aliphatic heterocycles. The minimum atomic E-state index is -0.221. The Morgan fingerprint density at radius 1 is 1.31 bits per heavy atom. The fourth-order valence-electron chi connectivity index (χ4n) is 2.79. The van der Waals surface area contributed by atoms with Gasteiger partial charge < -0.3 is 14.7 Å². The van der Waals surface area contributed by atoms with Gasteiger partial charge in [0.2, 0.25) is 0 Å². The predicted molar refractivity (Wildman–Crippen MR) is 102 cm³/mol. The van der Waals surface area contributed by atoms with Crippen molar-refractivity contribution in [2.24, 2.45) is 10.2 Å². The summed E-state index contributed by atoms with van der Waals surface area (Å²) in [5.74, 6) is 0.365. The Morgan fingerprint density at radius 2 is 2.08 bits per heavy atom. The van der Waals surface area contributed by atoms with Gasteiger partial charge >= 0.3 is 0 Å². The number of methoxy groups -OCH3 is 1. The first-order valence-corrected chi connectivity index (χ1v) is 8.08. The number of anilines is 1. The molecule has 0 aliphatic carbocycles. The van der Waals surface area contributed by atoms with Crippen LogP contribution in [0.15, 0.2) is 65.3 Å². The third-order valence-electron chi connectivity index (χ3n) is 4.10. The number of amides is 1. The Kier molecular flexibility index (Phi) is 4.84. The number of phenols is 1. The molecule has 0 spiro atoms. The minimum Gasteiger partial charge on any atom is -0.507 e. The monoisotopic (exact) mass is 349 g/mol. The van der Waals surface area contributed by atoms with E-state index in [1.165, 1.54) is 13.2 Å². The molecule has 6 nitrogen and oxygen atoms in total. The Labute approximate surface area is 151 Å². The van der Waals surface area contributed by atoms with Crippen molar-refractivity contribution in [1.29, 1.82) is 0 Å². The molecule has 1 aliphatic rings. The van der Waals surface area contributed by atoms with E-state index in [9.17, 15) is 9.90 Å². The van der Waals surface area contributed by atoms with Crippen molar-refractivity contribution in [3.8, 4) is 11.5 Å². The number of para-hydroxylation sites is 1. The Hall–Kier alpha value is -3.41. The second-order valence-electron chi connectivity index (χ2n) is 5.74. The first-order valence-electron chi connectivity index (χ1n) is 8.08. The summed E-state index contributed by atoms with van der Waals surface area (Å²) in [6, 6.07) is 12.4. The summed E-state index contributed by atoms with van der Waals surface area (Å²) in [5.41, 5.74) is 2.81. The van der Waals surface area contributed by atoms with Crippen LogP contribution in [0.1, 0.15) is 18.1 Å². The van der Waals surface area contributed by atoms with E-state index in [2.05, 4.69) is 16.8 Å². The van der Waals surface area contributed by atoms with Crippen molar-refractivity contribution in [3.05, 3.63) is 66.2 Å². The number of nitrogens with zero attached hydrogens (tertiary/aromatic N) is 3. The Morgan fingerprint density at radius 3 is 2.77 bits per heavy atom. The van der Waals surface area contributed by atoms with Crippen molar-refractivity contribution < 1.29 is 14.6 Å². The molecule has 1 heterocycles. The van der Waals surface area contributed by atoms with Crippen LogP contribution in [0.4, 0.5) is 5.69 Å². The van der Waals surface area contributed by atoms with Gasteiger partial charge in [-0.3, -0.25) is 4.79 Å². The highest BCUT2D eigenvalue weighted by atomic mass is 16.5. The van der Waals surface area contributed by atoms with E-state index in [1.54, 1.807) is 30.0 Å². The lowest BCUT2D eigenvalue weighted by Crippen LogP contribution is -2.30. The average Bonchev–Trinajstić information content (AvgIpc) is 2.91.